The molecule has 0 aliphatic carbocycles. The van der Waals surface area contributed by atoms with Crippen molar-refractivity contribution < 1.29 is 19.7 Å². The second-order valence-corrected chi connectivity index (χ2v) is 5.63. The lowest BCUT2D eigenvalue weighted by atomic mass is 10.1. The number of amides is 1. The van der Waals surface area contributed by atoms with E-state index >= 15 is 0 Å². The summed E-state index contributed by atoms with van der Waals surface area (Å²) in [6.45, 7) is 3.66. The summed E-state index contributed by atoms with van der Waals surface area (Å²) in [6.07, 6.45) is 1.29. The van der Waals surface area contributed by atoms with Crippen molar-refractivity contribution in [3.05, 3.63) is 52.0 Å². The monoisotopic (exact) mass is 348 g/mol. The summed E-state index contributed by atoms with van der Waals surface area (Å²) < 4.78 is 5.46. The average molecular weight is 349 g/mol. The fourth-order valence-corrected chi connectivity index (χ4v) is 2.12. The fraction of sp³-hybridized carbons (Fsp3) is 0.176. The molecule has 24 heavy (non-hydrogen) atoms. The fourth-order valence-electron chi connectivity index (χ4n) is 1.90. The Balaban J connectivity index is 1.90. The maximum atomic E-state index is 11.7. The van der Waals surface area contributed by atoms with Crippen LogP contribution in [0.4, 0.5) is 0 Å². The molecular weight excluding hydrogens is 332 g/mol. The van der Waals surface area contributed by atoms with Crippen molar-refractivity contribution in [3.8, 4) is 17.2 Å². The first-order valence-electron chi connectivity index (χ1n) is 7.10. The smallest absolute Gasteiger partial charge is 0.277 e. The van der Waals surface area contributed by atoms with Crippen molar-refractivity contribution in [2.75, 3.05) is 6.61 Å². The van der Waals surface area contributed by atoms with Crippen LogP contribution < -0.4 is 10.2 Å². The largest absolute Gasteiger partial charge is 0.504 e. The Hall–Kier alpha value is -2.73. The molecule has 0 spiro atoms. The molecule has 0 radical (unpaired) electrons. The van der Waals surface area contributed by atoms with Gasteiger partial charge < -0.3 is 14.9 Å². The van der Waals surface area contributed by atoms with E-state index in [4.69, 9.17) is 16.3 Å². The molecule has 0 aliphatic heterocycles. The molecule has 0 atom stereocenters. The second-order valence-electron chi connectivity index (χ2n) is 5.22. The van der Waals surface area contributed by atoms with E-state index in [1.807, 2.05) is 32.0 Å². The van der Waals surface area contributed by atoms with Gasteiger partial charge in [-0.2, -0.15) is 5.10 Å². The Morgan fingerprint density at radius 2 is 2.04 bits per heavy atom. The maximum Gasteiger partial charge on any atom is 0.277 e. The van der Waals surface area contributed by atoms with Gasteiger partial charge in [0, 0.05) is 0 Å². The van der Waals surface area contributed by atoms with E-state index in [0.717, 1.165) is 11.1 Å². The van der Waals surface area contributed by atoms with E-state index in [1.54, 1.807) is 0 Å². The zero-order valence-corrected chi connectivity index (χ0v) is 14.0. The van der Waals surface area contributed by atoms with Crippen LogP contribution in [-0.2, 0) is 4.79 Å². The first-order valence-corrected chi connectivity index (χ1v) is 7.48. The summed E-state index contributed by atoms with van der Waals surface area (Å²) in [5.41, 5.74) is 4.71. The number of carbonyl (C=O) groups excluding carboxylic acids is 1. The van der Waals surface area contributed by atoms with Crippen LogP contribution >= 0.6 is 11.6 Å². The van der Waals surface area contributed by atoms with Crippen LogP contribution in [0.15, 0.2) is 35.4 Å². The number of rotatable bonds is 5. The summed E-state index contributed by atoms with van der Waals surface area (Å²) in [6, 6.07) is 8.40. The summed E-state index contributed by atoms with van der Waals surface area (Å²) in [5.74, 6) is -0.557. The van der Waals surface area contributed by atoms with Crippen LogP contribution in [0.5, 0.6) is 17.2 Å². The number of nitrogens with one attached hydrogen (secondary N) is 1. The third-order valence-corrected chi connectivity index (χ3v) is 3.46. The van der Waals surface area contributed by atoms with E-state index in [2.05, 4.69) is 10.5 Å². The number of phenols is 2. The molecule has 126 valence electrons. The molecule has 0 unspecified atom stereocenters. The molecule has 0 saturated carbocycles. The lowest BCUT2D eigenvalue weighted by Gasteiger charge is -2.08. The minimum Gasteiger partial charge on any atom is -0.504 e. The molecule has 1 amide bonds. The van der Waals surface area contributed by atoms with E-state index < -0.39 is 11.7 Å². The normalized spacial score (nSPS) is 10.8. The quantitative estimate of drug-likeness (QED) is 0.440. The third kappa shape index (κ3) is 4.63. The number of ether oxygens (including phenoxy) is 1. The molecular formula is C17H17ClN2O4. The van der Waals surface area contributed by atoms with Gasteiger partial charge in [0.1, 0.15) is 5.75 Å². The summed E-state index contributed by atoms with van der Waals surface area (Å²) >= 11 is 5.73. The lowest BCUT2D eigenvalue weighted by molar-refractivity contribution is -0.123. The van der Waals surface area contributed by atoms with Crippen molar-refractivity contribution in [1.82, 2.24) is 5.43 Å². The van der Waals surface area contributed by atoms with Gasteiger partial charge in [0.25, 0.3) is 5.91 Å². The zero-order valence-electron chi connectivity index (χ0n) is 13.2. The van der Waals surface area contributed by atoms with E-state index in [9.17, 15) is 15.0 Å². The lowest BCUT2D eigenvalue weighted by Crippen LogP contribution is -2.24. The molecule has 0 fully saturated rings. The number of carbonyl (C=O) groups is 1. The number of hydrogen-bond acceptors (Lipinski definition) is 5. The number of hydrogen-bond donors (Lipinski definition) is 3. The van der Waals surface area contributed by atoms with Crippen LogP contribution in [0.2, 0.25) is 5.02 Å². The van der Waals surface area contributed by atoms with Crippen LogP contribution in [-0.4, -0.2) is 28.9 Å². The van der Waals surface area contributed by atoms with Crippen LogP contribution in [0.1, 0.15) is 16.7 Å². The highest BCUT2D eigenvalue weighted by Gasteiger charge is 2.07. The SMILES string of the molecule is Cc1ccc(C)c(OCC(=O)N/N=C/c2cc(O)c(O)c(Cl)c2)c1. The third-order valence-electron chi connectivity index (χ3n) is 3.17. The van der Waals surface area contributed by atoms with Gasteiger partial charge >= 0.3 is 0 Å². The van der Waals surface area contributed by atoms with Crippen LogP contribution in [0.3, 0.4) is 0 Å². The highest BCUT2D eigenvalue weighted by atomic mass is 35.5. The standard InChI is InChI=1S/C17H17ClN2O4/c1-10-3-4-11(2)15(5-10)24-9-16(22)20-19-8-12-6-13(18)17(23)14(21)7-12/h3-8,21,23H,9H2,1-2H3,(H,20,22)/b19-8+. The Morgan fingerprint density at radius 1 is 1.29 bits per heavy atom. The predicted molar refractivity (Wildman–Crippen MR) is 91.9 cm³/mol. The molecule has 6 nitrogen and oxygen atoms in total. The Kier molecular flexibility index (Phi) is 5.65. The Bertz CT molecular complexity index is 767. The molecule has 0 saturated heterocycles. The minimum atomic E-state index is -0.429. The Labute approximate surface area is 144 Å². The number of aryl methyl sites for hydroxylation is 2. The van der Waals surface area contributed by atoms with E-state index in [-0.39, 0.29) is 17.4 Å². The van der Waals surface area contributed by atoms with Gasteiger partial charge in [0.2, 0.25) is 0 Å². The predicted octanol–water partition coefficient (Wildman–Crippen LogP) is 2.90. The molecule has 0 aromatic heterocycles. The van der Waals surface area contributed by atoms with Gasteiger partial charge in [0.05, 0.1) is 11.2 Å². The number of halogens is 1. The van der Waals surface area contributed by atoms with Gasteiger partial charge in [-0.3, -0.25) is 4.79 Å². The second kappa shape index (κ2) is 7.70. The highest BCUT2D eigenvalue weighted by molar-refractivity contribution is 6.32. The van der Waals surface area contributed by atoms with Crippen molar-refractivity contribution in [3.63, 3.8) is 0 Å². The number of phenolic OH excluding ortho intramolecular Hbond substituents is 2. The molecule has 7 heteroatoms. The van der Waals surface area contributed by atoms with Crippen LogP contribution in [0, 0.1) is 13.8 Å². The first-order chi connectivity index (χ1) is 11.4. The number of hydrazone groups is 1. The minimum absolute atomic E-state index is 0.0129. The molecule has 2 rings (SSSR count). The molecule has 0 heterocycles. The van der Waals surface area contributed by atoms with E-state index in [0.29, 0.717) is 11.3 Å². The summed E-state index contributed by atoms with van der Waals surface area (Å²) in [4.78, 5) is 11.7. The molecule has 0 aliphatic rings. The number of benzene rings is 2. The van der Waals surface area contributed by atoms with Gasteiger partial charge in [0.15, 0.2) is 18.1 Å². The van der Waals surface area contributed by atoms with Gasteiger partial charge in [-0.25, -0.2) is 5.43 Å². The van der Waals surface area contributed by atoms with Gasteiger partial charge in [-0.15, -0.1) is 0 Å². The first kappa shape index (κ1) is 17.6. The maximum absolute atomic E-state index is 11.7. The average Bonchev–Trinajstić information content (AvgIpc) is 2.53. The van der Waals surface area contributed by atoms with E-state index in [1.165, 1.54) is 18.3 Å². The summed E-state index contributed by atoms with van der Waals surface area (Å²) in [7, 11) is 0. The molecule has 3 N–H and O–H groups in total. The van der Waals surface area contributed by atoms with Crippen LogP contribution in [0.25, 0.3) is 0 Å². The van der Waals surface area contributed by atoms with Gasteiger partial charge in [-0.05, 0) is 48.7 Å². The summed E-state index contributed by atoms with van der Waals surface area (Å²) in [5, 5.41) is 22.5. The number of aromatic hydroxyl groups is 2. The van der Waals surface area contributed by atoms with Crippen molar-refractivity contribution in [2.24, 2.45) is 5.10 Å². The van der Waals surface area contributed by atoms with Crippen molar-refractivity contribution in [1.29, 1.82) is 0 Å². The van der Waals surface area contributed by atoms with Crippen molar-refractivity contribution >= 4 is 23.7 Å². The zero-order chi connectivity index (χ0) is 17.7. The topological polar surface area (TPSA) is 91.2 Å². The molecule has 2 aromatic carbocycles. The van der Waals surface area contributed by atoms with Crippen molar-refractivity contribution in [2.45, 2.75) is 13.8 Å². The molecule has 2 aromatic rings. The number of nitrogens with zero attached hydrogens (tertiary/aromatic N) is 1. The highest BCUT2D eigenvalue weighted by Crippen LogP contribution is 2.33. The molecule has 0 bridgehead atoms. The van der Waals surface area contributed by atoms with Gasteiger partial charge in [-0.1, -0.05) is 23.7 Å². The Morgan fingerprint density at radius 3 is 2.75 bits per heavy atom.